The second-order valence-corrected chi connectivity index (χ2v) is 6.32. The maximum atomic E-state index is 11.9. The zero-order valence-electron chi connectivity index (χ0n) is 10.8. The van der Waals surface area contributed by atoms with Gasteiger partial charge in [0.25, 0.3) is 0 Å². The van der Waals surface area contributed by atoms with Crippen molar-refractivity contribution >= 4 is 15.7 Å². The van der Waals surface area contributed by atoms with Crippen LogP contribution in [-0.2, 0) is 10.0 Å². The Labute approximate surface area is 113 Å². The second-order valence-electron chi connectivity index (χ2n) is 4.55. The number of hydrogen-bond donors (Lipinski definition) is 4. The number of sulfonamides is 1. The summed E-state index contributed by atoms with van der Waals surface area (Å²) in [5.74, 6) is 0.0181. The number of phenolic OH excluding ortho intramolecular Hbond substituents is 1. The van der Waals surface area contributed by atoms with Gasteiger partial charge in [0.1, 0.15) is 5.75 Å². The van der Waals surface area contributed by atoms with E-state index in [2.05, 4.69) is 4.72 Å². The normalized spacial score (nSPS) is 13.4. The van der Waals surface area contributed by atoms with Crippen LogP contribution in [0.25, 0.3) is 0 Å². The summed E-state index contributed by atoms with van der Waals surface area (Å²) in [6, 6.07) is 3.76. The summed E-state index contributed by atoms with van der Waals surface area (Å²) in [5, 5.41) is 18.1. The van der Waals surface area contributed by atoms with Crippen molar-refractivity contribution in [3.8, 4) is 5.75 Å². The minimum atomic E-state index is -3.61. The van der Waals surface area contributed by atoms with Gasteiger partial charge in [-0.25, -0.2) is 13.1 Å². The molecule has 0 aliphatic heterocycles. The largest absolute Gasteiger partial charge is 0.506 e. The number of nitrogens with two attached hydrogens (primary N) is 1. The van der Waals surface area contributed by atoms with E-state index in [9.17, 15) is 13.5 Å². The highest BCUT2D eigenvalue weighted by Crippen LogP contribution is 2.22. The molecule has 0 amide bonds. The smallest absolute Gasteiger partial charge is 0.240 e. The van der Waals surface area contributed by atoms with E-state index in [-0.39, 0.29) is 28.9 Å². The number of benzene rings is 1. The van der Waals surface area contributed by atoms with Crippen LogP contribution >= 0.6 is 0 Å². The quantitative estimate of drug-likeness (QED) is 0.334. The van der Waals surface area contributed by atoms with E-state index in [1.807, 2.05) is 6.92 Å². The highest BCUT2D eigenvalue weighted by molar-refractivity contribution is 7.89. The van der Waals surface area contributed by atoms with Gasteiger partial charge < -0.3 is 15.9 Å². The third-order valence-corrected chi connectivity index (χ3v) is 4.25. The first-order valence-electron chi connectivity index (χ1n) is 6.06. The van der Waals surface area contributed by atoms with E-state index >= 15 is 0 Å². The summed E-state index contributed by atoms with van der Waals surface area (Å²) in [6.07, 6.45) is 1.39. The Kier molecular flexibility index (Phi) is 5.59. The Balaban J connectivity index is 2.58. The molecule has 1 rings (SSSR count). The molecule has 7 heteroatoms. The zero-order valence-corrected chi connectivity index (χ0v) is 11.7. The average molecular weight is 288 g/mol. The average Bonchev–Trinajstić information content (AvgIpc) is 2.37. The third-order valence-electron chi connectivity index (χ3n) is 2.79. The van der Waals surface area contributed by atoms with E-state index in [0.29, 0.717) is 13.0 Å². The number of phenols is 1. The van der Waals surface area contributed by atoms with Crippen molar-refractivity contribution in [2.45, 2.75) is 24.7 Å². The van der Waals surface area contributed by atoms with Gasteiger partial charge in [0.05, 0.1) is 10.6 Å². The maximum absolute atomic E-state index is 11.9. The predicted octanol–water partition coefficient (Wildman–Crippen LogP) is 0.661. The van der Waals surface area contributed by atoms with Gasteiger partial charge in [-0.3, -0.25) is 0 Å². The van der Waals surface area contributed by atoms with Crippen molar-refractivity contribution in [1.29, 1.82) is 0 Å². The van der Waals surface area contributed by atoms with Gasteiger partial charge in [0.2, 0.25) is 10.0 Å². The van der Waals surface area contributed by atoms with Crippen molar-refractivity contribution in [3.05, 3.63) is 18.2 Å². The molecule has 1 atom stereocenters. The highest BCUT2D eigenvalue weighted by atomic mass is 32.2. The van der Waals surface area contributed by atoms with Crippen LogP contribution in [-0.4, -0.2) is 31.8 Å². The van der Waals surface area contributed by atoms with Crippen LogP contribution < -0.4 is 10.5 Å². The Morgan fingerprint density at radius 1 is 1.42 bits per heavy atom. The number of nitrogen functional groups attached to an aromatic ring is 1. The minimum absolute atomic E-state index is 0.0248. The van der Waals surface area contributed by atoms with Crippen LogP contribution in [0.2, 0.25) is 0 Å². The molecule has 0 heterocycles. The number of anilines is 1. The molecule has 0 spiro atoms. The summed E-state index contributed by atoms with van der Waals surface area (Å²) in [4.78, 5) is 0.0259. The van der Waals surface area contributed by atoms with Crippen LogP contribution in [0, 0.1) is 5.92 Å². The summed E-state index contributed by atoms with van der Waals surface area (Å²) >= 11 is 0. The van der Waals surface area contributed by atoms with Crippen LogP contribution in [0.3, 0.4) is 0 Å². The lowest BCUT2D eigenvalue weighted by molar-refractivity contribution is 0.228. The molecular weight excluding hydrogens is 268 g/mol. The Morgan fingerprint density at radius 3 is 2.68 bits per heavy atom. The third kappa shape index (κ3) is 4.70. The van der Waals surface area contributed by atoms with Crippen LogP contribution in [0.15, 0.2) is 23.1 Å². The van der Waals surface area contributed by atoms with Crippen LogP contribution in [0.5, 0.6) is 5.75 Å². The summed E-state index contributed by atoms with van der Waals surface area (Å²) in [7, 11) is -3.61. The molecule has 1 aromatic carbocycles. The van der Waals surface area contributed by atoms with Crippen molar-refractivity contribution < 1.29 is 18.6 Å². The van der Waals surface area contributed by atoms with Gasteiger partial charge in [0.15, 0.2) is 0 Å². The summed E-state index contributed by atoms with van der Waals surface area (Å²) < 4.78 is 26.3. The molecule has 1 unspecified atom stereocenters. The van der Waals surface area contributed by atoms with Crippen molar-refractivity contribution in [2.75, 3.05) is 18.9 Å². The number of aliphatic hydroxyl groups is 1. The fourth-order valence-corrected chi connectivity index (χ4v) is 2.64. The van der Waals surface area contributed by atoms with E-state index < -0.39 is 10.0 Å². The first kappa shape index (κ1) is 15.7. The molecule has 6 nitrogen and oxygen atoms in total. The van der Waals surface area contributed by atoms with Crippen LogP contribution in [0.4, 0.5) is 5.69 Å². The lowest BCUT2D eigenvalue weighted by Crippen LogP contribution is -2.25. The number of nitrogens with one attached hydrogen (secondary N) is 1. The van der Waals surface area contributed by atoms with Gasteiger partial charge in [-0.1, -0.05) is 6.92 Å². The number of aromatic hydroxyl groups is 1. The molecule has 0 aliphatic carbocycles. The first-order chi connectivity index (χ1) is 8.86. The highest BCUT2D eigenvalue weighted by Gasteiger charge is 2.14. The molecule has 0 fully saturated rings. The molecule has 0 saturated carbocycles. The number of rotatable bonds is 7. The Morgan fingerprint density at radius 2 is 2.11 bits per heavy atom. The fraction of sp³-hybridized carbons (Fsp3) is 0.500. The summed E-state index contributed by atoms with van der Waals surface area (Å²) in [5.41, 5.74) is 5.48. The molecule has 108 valence electrons. The van der Waals surface area contributed by atoms with Crippen molar-refractivity contribution in [1.82, 2.24) is 4.72 Å². The van der Waals surface area contributed by atoms with Gasteiger partial charge >= 0.3 is 0 Å². The Bertz CT molecular complexity index is 516. The molecule has 19 heavy (non-hydrogen) atoms. The van der Waals surface area contributed by atoms with E-state index in [0.717, 1.165) is 6.42 Å². The standard InChI is InChI=1S/C12H20N2O4S/c1-9(8-15)3-2-6-14-19(17,18)10-4-5-12(16)11(13)7-10/h4-5,7,9,14-16H,2-3,6,8,13H2,1H3. The van der Waals surface area contributed by atoms with E-state index in [1.54, 1.807) is 0 Å². The van der Waals surface area contributed by atoms with Gasteiger partial charge in [0, 0.05) is 13.2 Å². The number of hydrogen-bond acceptors (Lipinski definition) is 5. The van der Waals surface area contributed by atoms with Crippen LogP contribution in [0.1, 0.15) is 19.8 Å². The molecule has 0 bridgehead atoms. The monoisotopic (exact) mass is 288 g/mol. The fourth-order valence-electron chi connectivity index (χ4n) is 1.53. The molecular formula is C12H20N2O4S. The SMILES string of the molecule is CC(CO)CCCNS(=O)(=O)c1ccc(O)c(N)c1. The topological polar surface area (TPSA) is 113 Å². The lowest BCUT2D eigenvalue weighted by Gasteiger charge is -2.10. The first-order valence-corrected chi connectivity index (χ1v) is 7.54. The Hall–Kier alpha value is -1.31. The predicted molar refractivity (Wildman–Crippen MR) is 73.2 cm³/mol. The van der Waals surface area contributed by atoms with Gasteiger partial charge in [-0.15, -0.1) is 0 Å². The van der Waals surface area contributed by atoms with Gasteiger partial charge in [-0.05, 0) is 37.0 Å². The van der Waals surface area contributed by atoms with Crippen molar-refractivity contribution in [3.63, 3.8) is 0 Å². The maximum Gasteiger partial charge on any atom is 0.240 e. The van der Waals surface area contributed by atoms with Crippen molar-refractivity contribution in [2.24, 2.45) is 5.92 Å². The van der Waals surface area contributed by atoms with Gasteiger partial charge in [-0.2, -0.15) is 0 Å². The molecule has 0 aliphatic rings. The number of aliphatic hydroxyl groups excluding tert-OH is 1. The molecule has 0 saturated heterocycles. The molecule has 5 N–H and O–H groups in total. The molecule has 1 aromatic rings. The lowest BCUT2D eigenvalue weighted by atomic mass is 10.1. The zero-order chi connectivity index (χ0) is 14.5. The van der Waals surface area contributed by atoms with E-state index in [1.165, 1.54) is 18.2 Å². The minimum Gasteiger partial charge on any atom is -0.506 e. The second kappa shape index (κ2) is 6.74. The molecule has 0 aromatic heterocycles. The molecule has 0 radical (unpaired) electrons. The summed E-state index contributed by atoms with van der Waals surface area (Å²) in [6.45, 7) is 2.30. The van der Waals surface area contributed by atoms with E-state index in [4.69, 9.17) is 10.8 Å².